The average molecular weight is 212 g/mol. The van der Waals surface area contributed by atoms with Gasteiger partial charge < -0.3 is 10.6 Å². The molecule has 0 aliphatic carbocycles. The van der Waals surface area contributed by atoms with E-state index in [0.717, 1.165) is 13.0 Å². The molecule has 1 aliphatic rings. The fraction of sp³-hybridized carbons (Fsp3) is 0.818. The van der Waals surface area contributed by atoms with Crippen molar-refractivity contribution >= 4 is 11.8 Å². The second kappa shape index (κ2) is 5.73. The van der Waals surface area contributed by atoms with Crippen molar-refractivity contribution in [2.75, 3.05) is 13.1 Å². The largest absolute Gasteiger partial charge is 0.356 e. The van der Waals surface area contributed by atoms with Crippen molar-refractivity contribution in [1.29, 1.82) is 0 Å². The normalized spacial score (nSPS) is 23.1. The lowest BCUT2D eigenvalue weighted by Gasteiger charge is -2.22. The minimum Gasteiger partial charge on any atom is -0.356 e. The van der Waals surface area contributed by atoms with Crippen LogP contribution in [0.4, 0.5) is 0 Å². The molecule has 1 heterocycles. The quantitative estimate of drug-likeness (QED) is 0.719. The predicted octanol–water partition coefficient (Wildman–Crippen LogP) is 0.675. The third-order valence-corrected chi connectivity index (χ3v) is 2.96. The summed E-state index contributed by atoms with van der Waals surface area (Å²) in [5.74, 6) is 0.621. The maximum absolute atomic E-state index is 11.7. The summed E-state index contributed by atoms with van der Waals surface area (Å²) in [4.78, 5) is 22.6. The van der Waals surface area contributed by atoms with Crippen LogP contribution < -0.4 is 10.6 Å². The van der Waals surface area contributed by atoms with Gasteiger partial charge in [0.15, 0.2) is 0 Å². The first-order valence-corrected chi connectivity index (χ1v) is 5.68. The monoisotopic (exact) mass is 212 g/mol. The summed E-state index contributed by atoms with van der Waals surface area (Å²) in [5.41, 5.74) is 0. The molecule has 1 aliphatic heterocycles. The Morgan fingerprint density at radius 2 is 2.40 bits per heavy atom. The SMILES string of the molecule is CCC(C)CNC(=O)C1CCC(=O)NC1. The van der Waals surface area contributed by atoms with Crippen LogP contribution in [0.2, 0.25) is 0 Å². The van der Waals surface area contributed by atoms with E-state index in [1.807, 2.05) is 0 Å². The lowest BCUT2D eigenvalue weighted by molar-refractivity contribution is -0.129. The summed E-state index contributed by atoms with van der Waals surface area (Å²) in [7, 11) is 0. The molecule has 1 saturated heterocycles. The summed E-state index contributed by atoms with van der Waals surface area (Å²) < 4.78 is 0. The van der Waals surface area contributed by atoms with Crippen LogP contribution in [-0.2, 0) is 9.59 Å². The Bertz CT molecular complexity index is 231. The molecule has 0 aromatic heterocycles. The number of carbonyl (C=O) groups excluding carboxylic acids is 2. The molecule has 1 fully saturated rings. The molecular formula is C11H20N2O2. The summed E-state index contributed by atoms with van der Waals surface area (Å²) in [6, 6.07) is 0. The Labute approximate surface area is 90.8 Å². The van der Waals surface area contributed by atoms with Gasteiger partial charge in [-0.15, -0.1) is 0 Å². The van der Waals surface area contributed by atoms with Gasteiger partial charge in [0.2, 0.25) is 11.8 Å². The zero-order chi connectivity index (χ0) is 11.3. The molecule has 0 spiro atoms. The molecule has 1 rings (SSSR count). The van der Waals surface area contributed by atoms with E-state index in [4.69, 9.17) is 0 Å². The number of rotatable bonds is 4. The van der Waals surface area contributed by atoms with Crippen LogP contribution in [0, 0.1) is 11.8 Å². The molecule has 0 bridgehead atoms. The molecule has 4 heteroatoms. The zero-order valence-electron chi connectivity index (χ0n) is 9.51. The van der Waals surface area contributed by atoms with Gasteiger partial charge in [-0.05, 0) is 12.3 Å². The summed E-state index contributed by atoms with van der Waals surface area (Å²) in [6.45, 7) is 5.45. The van der Waals surface area contributed by atoms with E-state index in [0.29, 0.717) is 25.3 Å². The van der Waals surface area contributed by atoms with Gasteiger partial charge in [0, 0.05) is 19.5 Å². The van der Waals surface area contributed by atoms with E-state index < -0.39 is 0 Å². The van der Waals surface area contributed by atoms with Gasteiger partial charge in [-0.3, -0.25) is 9.59 Å². The number of amides is 2. The van der Waals surface area contributed by atoms with Gasteiger partial charge in [-0.2, -0.15) is 0 Å². The Morgan fingerprint density at radius 3 is 2.93 bits per heavy atom. The van der Waals surface area contributed by atoms with E-state index in [1.165, 1.54) is 0 Å². The highest BCUT2D eigenvalue weighted by atomic mass is 16.2. The van der Waals surface area contributed by atoms with E-state index in [9.17, 15) is 9.59 Å². The molecule has 2 amide bonds. The van der Waals surface area contributed by atoms with Crippen LogP contribution in [0.1, 0.15) is 33.1 Å². The highest BCUT2D eigenvalue weighted by Crippen LogP contribution is 2.10. The van der Waals surface area contributed by atoms with E-state index in [1.54, 1.807) is 0 Å². The number of hydrogen-bond acceptors (Lipinski definition) is 2. The number of hydrogen-bond donors (Lipinski definition) is 2. The van der Waals surface area contributed by atoms with Gasteiger partial charge in [0.25, 0.3) is 0 Å². The van der Waals surface area contributed by atoms with E-state index >= 15 is 0 Å². The minimum atomic E-state index is -0.0354. The molecule has 15 heavy (non-hydrogen) atoms. The van der Waals surface area contributed by atoms with Gasteiger partial charge in [0.05, 0.1) is 5.92 Å². The molecule has 4 nitrogen and oxygen atoms in total. The van der Waals surface area contributed by atoms with Gasteiger partial charge in [-0.25, -0.2) is 0 Å². The highest BCUT2D eigenvalue weighted by molar-refractivity contribution is 5.83. The molecular weight excluding hydrogens is 192 g/mol. The fourth-order valence-corrected chi connectivity index (χ4v) is 1.52. The highest BCUT2D eigenvalue weighted by Gasteiger charge is 2.24. The van der Waals surface area contributed by atoms with Crippen LogP contribution in [0.5, 0.6) is 0 Å². The van der Waals surface area contributed by atoms with Crippen LogP contribution in [0.3, 0.4) is 0 Å². The first kappa shape index (κ1) is 12.0. The van der Waals surface area contributed by atoms with Crippen molar-refractivity contribution < 1.29 is 9.59 Å². The molecule has 2 N–H and O–H groups in total. The molecule has 0 radical (unpaired) electrons. The average Bonchev–Trinajstić information content (AvgIpc) is 2.26. The first-order chi connectivity index (χ1) is 7.13. The van der Waals surface area contributed by atoms with Crippen LogP contribution in [0.15, 0.2) is 0 Å². The molecule has 2 unspecified atom stereocenters. The lowest BCUT2D eigenvalue weighted by atomic mass is 9.98. The Morgan fingerprint density at radius 1 is 1.67 bits per heavy atom. The topological polar surface area (TPSA) is 58.2 Å². The van der Waals surface area contributed by atoms with Gasteiger partial charge >= 0.3 is 0 Å². The van der Waals surface area contributed by atoms with Crippen LogP contribution in [0.25, 0.3) is 0 Å². The summed E-state index contributed by atoms with van der Waals surface area (Å²) >= 11 is 0. The smallest absolute Gasteiger partial charge is 0.224 e. The lowest BCUT2D eigenvalue weighted by Crippen LogP contribution is -2.43. The van der Waals surface area contributed by atoms with Crippen molar-refractivity contribution in [3.8, 4) is 0 Å². The van der Waals surface area contributed by atoms with Crippen LogP contribution in [-0.4, -0.2) is 24.9 Å². The fourth-order valence-electron chi connectivity index (χ4n) is 1.52. The maximum Gasteiger partial charge on any atom is 0.224 e. The second-order valence-electron chi connectivity index (χ2n) is 4.30. The molecule has 0 aromatic rings. The van der Waals surface area contributed by atoms with Crippen molar-refractivity contribution in [2.45, 2.75) is 33.1 Å². The molecule has 0 aromatic carbocycles. The summed E-state index contributed by atoms with van der Waals surface area (Å²) in [5, 5.41) is 5.64. The number of piperidine rings is 1. The predicted molar refractivity (Wildman–Crippen MR) is 58.2 cm³/mol. The van der Waals surface area contributed by atoms with Crippen molar-refractivity contribution in [2.24, 2.45) is 11.8 Å². The second-order valence-corrected chi connectivity index (χ2v) is 4.30. The summed E-state index contributed by atoms with van der Waals surface area (Å²) in [6.07, 6.45) is 2.22. The first-order valence-electron chi connectivity index (χ1n) is 5.68. The standard InChI is InChI=1S/C11H20N2O2/c1-3-8(2)6-13-11(15)9-4-5-10(14)12-7-9/h8-9H,3-7H2,1-2H3,(H,12,14)(H,13,15). The Kier molecular flexibility index (Phi) is 4.59. The third-order valence-electron chi connectivity index (χ3n) is 2.96. The molecule has 0 saturated carbocycles. The van der Waals surface area contributed by atoms with Crippen molar-refractivity contribution in [1.82, 2.24) is 10.6 Å². The Hall–Kier alpha value is -1.06. The van der Waals surface area contributed by atoms with Crippen LogP contribution >= 0.6 is 0 Å². The Balaban J connectivity index is 2.25. The van der Waals surface area contributed by atoms with Gasteiger partial charge in [0.1, 0.15) is 0 Å². The van der Waals surface area contributed by atoms with Crippen molar-refractivity contribution in [3.05, 3.63) is 0 Å². The molecule has 86 valence electrons. The number of carbonyl (C=O) groups is 2. The van der Waals surface area contributed by atoms with E-state index in [-0.39, 0.29) is 17.7 Å². The molecule has 2 atom stereocenters. The number of nitrogens with one attached hydrogen (secondary N) is 2. The van der Waals surface area contributed by atoms with E-state index in [2.05, 4.69) is 24.5 Å². The minimum absolute atomic E-state index is 0.0354. The zero-order valence-corrected chi connectivity index (χ0v) is 9.51. The van der Waals surface area contributed by atoms with Crippen molar-refractivity contribution in [3.63, 3.8) is 0 Å². The van der Waals surface area contributed by atoms with Gasteiger partial charge in [-0.1, -0.05) is 20.3 Å². The maximum atomic E-state index is 11.7. The third kappa shape index (κ3) is 3.90.